The lowest BCUT2D eigenvalue weighted by Gasteiger charge is -2.18. The van der Waals surface area contributed by atoms with Crippen molar-refractivity contribution < 1.29 is 18.7 Å². The van der Waals surface area contributed by atoms with Gasteiger partial charge in [-0.05, 0) is 42.9 Å². The topological polar surface area (TPSA) is 101 Å². The van der Waals surface area contributed by atoms with Gasteiger partial charge in [0, 0.05) is 31.4 Å². The molecule has 1 atom stereocenters. The summed E-state index contributed by atoms with van der Waals surface area (Å²) in [5.74, 6) is 0.563. The van der Waals surface area contributed by atoms with Gasteiger partial charge in [-0.1, -0.05) is 23.7 Å². The normalized spacial score (nSPS) is 12.4. The molecular weight excluding hydrogens is 446 g/mol. The Bertz CT molecular complexity index is 1310. The van der Waals surface area contributed by atoms with Crippen molar-refractivity contribution in [3.8, 4) is 0 Å². The Morgan fingerprint density at radius 2 is 2.03 bits per heavy atom. The first-order valence-electron chi connectivity index (χ1n) is 10.4. The number of carbonyl (C=O) groups is 1. The Labute approximate surface area is 195 Å². The van der Waals surface area contributed by atoms with Crippen molar-refractivity contribution in [1.82, 2.24) is 14.8 Å². The van der Waals surface area contributed by atoms with Gasteiger partial charge in [0.1, 0.15) is 23.2 Å². The molecule has 4 aromatic rings. The van der Waals surface area contributed by atoms with E-state index in [1.54, 1.807) is 41.9 Å². The van der Waals surface area contributed by atoms with Crippen molar-refractivity contribution >= 4 is 28.6 Å². The number of benzene rings is 1. The van der Waals surface area contributed by atoms with E-state index in [1.165, 1.54) is 12.5 Å². The molecule has 172 valence electrons. The Morgan fingerprint density at radius 3 is 2.73 bits per heavy atom. The summed E-state index contributed by atoms with van der Waals surface area (Å²) in [6.45, 7) is 0.958. The van der Waals surface area contributed by atoms with E-state index in [0.717, 1.165) is 5.56 Å². The molecule has 3 aromatic heterocycles. The third-order valence-corrected chi connectivity index (χ3v) is 5.54. The molecule has 9 heteroatoms. The van der Waals surface area contributed by atoms with Crippen molar-refractivity contribution in [1.29, 1.82) is 0 Å². The molecule has 4 rings (SSSR count). The molecule has 1 amide bonds. The summed E-state index contributed by atoms with van der Waals surface area (Å²) in [6, 6.07) is 12.2. The Morgan fingerprint density at radius 1 is 1.27 bits per heavy atom. The minimum atomic E-state index is -0.781. The maximum atomic E-state index is 13.0. The van der Waals surface area contributed by atoms with Crippen LogP contribution in [-0.2, 0) is 20.1 Å². The molecule has 0 saturated heterocycles. The van der Waals surface area contributed by atoms with Crippen molar-refractivity contribution in [2.75, 3.05) is 13.6 Å². The zero-order valence-corrected chi connectivity index (χ0v) is 19.0. The smallest absolute Gasteiger partial charge is 0.257 e. The molecule has 2 N–H and O–H groups in total. The molecule has 0 fully saturated rings. The molecular formula is C24H24ClN3O5. The average Bonchev–Trinajstić information content (AvgIpc) is 3.46. The number of likely N-dealkylation sites (N-methyl/N-ethyl adjacent to an activating group) is 1. The highest BCUT2D eigenvalue weighted by Gasteiger charge is 2.19. The standard InChI is InChI=1S/C24H24ClN3O5/c1-27(14-20(29)21-4-3-9-32-21)12-17-10-18-22(30)19(13-28(2)24(18)33-17)23(31)26-11-15-5-7-16(25)8-6-15/h3-10,13,20,29H,11-12,14H2,1-2H3,(H,26,31). The van der Waals surface area contributed by atoms with Gasteiger partial charge >= 0.3 is 0 Å². The number of halogens is 1. The summed E-state index contributed by atoms with van der Waals surface area (Å²) in [4.78, 5) is 27.5. The number of aliphatic hydroxyl groups is 1. The zero-order chi connectivity index (χ0) is 23.5. The number of nitrogens with zero attached hydrogens (tertiary/aromatic N) is 2. The predicted molar refractivity (Wildman–Crippen MR) is 124 cm³/mol. The largest absolute Gasteiger partial charge is 0.467 e. The number of amides is 1. The van der Waals surface area contributed by atoms with Crippen molar-refractivity contribution in [3.05, 3.63) is 92.8 Å². The fourth-order valence-corrected chi connectivity index (χ4v) is 3.75. The molecule has 0 aliphatic heterocycles. The summed E-state index contributed by atoms with van der Waals surface area (Å²) < 4.78 is 12.7. The second kappa shape index (κ2) is 9.66. The van der Waals surface area contributed by atoms with Crippen LogP contribution in [-0.4, -0.2) is 34.1 Å². The third kappa shape index (κ3) is 5.19. The van der Waals surface area contributed by atoms with Gasteiger partial charge in [-0.2, -0.15) is 0 Å². The predicted octanol–water partition coefficient (Wildman–Crippen LogP) is 3.47. The fourth-order valence-electron chi connectivity index (χ4n) is 3.63. The first kappa shape index (κ1) is 22.8. The number of furan rings is 2. The average molecular weight is 470 g/mol. The van der Waals surface area contributed by atoms with Gasteiger partial charge in [-0.15, -0.1) is 0 Å². The fraction of sp³-hybridized carbons (Fsp3) is 0.250. The van der Waals surface area contributed by atoms with E-state index in [0.29, 0.717) is 40.7 Å². The van der Waals surface area contributed by atoms with Gasteiger partial charge in [-0.25, -0.2) is 0 Å². The van der Waals surface area contributed by atoms with Gasteiger partial charge in [-0.3, -0.25) is 14.5 Å². The number of hydrogen-bond donors (Lipinski definition) is 2. The SMILES string of the molecule is CN(Cc1cc2c(=O)c(C(=O)NCc3ccc(Cl)cc3)cn(C)c2o1)CC(O)c1ccco1. The third-order valence-electron chi connectivity index (χ3n) is 5.29. The van der Waals surface area contributed by atoms with E-state index >= 15 is 0 Å². The molecule has 0 radical (unpaired) electrons. The summed E-state index contributed by atoms with van der Waals surface area (Å²) >= 11 is 5.89. The van der Waals surface area contributed by atoms with Crippen LogP contribution in [0.3, 0.4) is 0 Å². The number of fused-ring (bicyclic) bond motifs is 1. The second-order valence-corrected chi connectivity index (χ2v) is 8.39. The minimum Gasteiger partial charge on any atom is -0.467 e. The van der Waals surface area contributed by atoms with Crippen LogP contribution < -0.4 is 10.7 Å². The van der Waals surface area contributed by atoms with Crippen LogP contribution in [0, 0.1) is 0 Å². The zero-order valence-electron chi connectivity index (χ0n) is 18.2. The summed E-state index contributed by atoms with van der Waals surface area (Å²) in [5.41, 5.74) is 0.887. The first-order chi connectivity index (χ1) is 15.8. The molecule has 0 aliphatic rings. The highest BCUT2D eigenvalue weighted by molar-refractivity contribution is 6.30. The lowest BCUT2D eigenvalue weighted by atomic mass is 10.2. The van der Waals surface area contributed by atoms with Crippen LogP contribution in [0.25, 0.3) is 11.1 Å². The molecule has 33 heavy (non-hydrogen) atoms. The highest BCUT2D eigenvalue weighted by Crippen LogP contribution is 2.20. The number of aromatic nitrogens is 1. The van der Waals surface area contributed by atoms with Crippen LogP contribution in [0.1, 0.15) is 33.5 Å². The molecule has 0 aliphatic carbocycles. The van der Waals surface area contributed by atoms with Crippen molar-refractivity contribution in [3.63, 3.8) is 0 Å². The molecule has 0 saturated carbocycles. The first-order valence-corrected chi connectivity index (χ1v) is 10.7. The maximum absolute atomic E-state index is 13.0. The quantitative estimate of drug-likeness (QED) is 0.410. The van der Waals surface area contributed by atoms with Crippen LogP contribution >= 0.6 is 11.6 Å². The molecule has 0 spiro atoms. The van der Waals surface area contributed by atoms with Crippen LogP contribution in [0.2, 0.25) is 5.02 Å². The second-order valence-electron chi connectivity index (χ2n) is 7.95. The van der Waals surface area contributed by atoms with Crippen LogP contribution in [0.5, 0.6) is 0 Å². The van der Waals surface area contributed by atoms with Gasteiger partial charge in [0.05, 0.1) is 18.2 Å². The number of aliphatic hydroxyl groups excluding tert-OH is 1. The molecule has 8 nitrogen and oxygen atoms in total. The molecule has 1 aromatic carbocycles. The van der Waals surface area contributed by atoms with E-state index in [2.05, 4.69) is 5.32 Å². The Balaban J connectivity index is 1.49. The van der Waals surface area contributed by atoms with E-state index in [4.69, 9.17) is 20.4 Å². The summed E-state index contributed by atoms with van der Waals surface area (Å²) in [6.07, 6.45) is 2.20. The molecule has 3 heterocycles. The van der Waals surface area contributed by atoms with Gasteiger partial charge in [0.2, 0.25) is 11.1 Å². The number of pyridine rings is 1. The highest BCUT2D eigenvalue weighted by atomic mass is 35.5. The van der Waals surface area contributed by atoms with Crippen LogP contribution in [0.4, 0.5) is 0 Å². The van der Waals surface area contributed by atoms with E-state index < -0.39 is 17.4 Å². The van der Waals surface area contributed by atoms with Gasteiger partial charge in [0.25, 0.3) is 5.91 Å². The molecule has 1 unspecified atom stereocenters. The lowest BCUT2D eigenvalue weighted by molar-refractivity contribution is 0.0949. The van der Waals surface area contributed by atoms with Gasteiger partial charge in [0.15, 0.2) is 0 Å². The van der Waals surface area contributed by atoms with Crippen molar-refractivity contribution in [2.45, 2.75) is 19.2 Å². The lowest BCUT2D eigenvalue weighted by Crippen LogP contribution is -2.29. The number of nitrogens with one attached hydrogen (secondary N) is 1. The van der Waals surface area contributed by atoms with E-state index in [9.17, 15) is 14.7 Å². The number of aryl methyl sites for hydroxylation is 1. The molecule has 0 bridgehead atoms. The number of hydrogen-bond acceptors (Lipinski definition) is 6. The monoisotopic (exact) mass is 469 g/mol. The van der Waals surface area contributed by atoms with Crippen molar-refractivity contribution in [2.24, 2.45) is 7.05 Å². The summed E-state index contributed by atoms with van der Waals surface area (Å²) in [5, 5.41) is 14.0. The van der Waals surface area contributed by atoms with Gasteiger partial charge < -0.3 is 23.8 Å². The van der Waals surface area contributed by atoms with E-state index in [1.807, 2.05) is 24.1 Å². The van der Waals surface area contributed by atoms with E-state index in [-0.39, 0.29) is 12.1 Å². The minimum absolute atomic E-state index is 0.0351. The Kier molecular flexibility index (Phi) is 6.69. The number of carbonyl (C=O) groups excluding carboxylic acids is 1. The number of rotatable bonds is 8. The maximum Gasteiger partial charge on any atom is 0.257 e. The summed E-state index contributed by atoms with van der Waals surface area (Å²) in [7, 11) is 3.54. The Hall–Kier alpha value is -3.33. The van der Waals surface area contributed by atoms with Crippen LogP contribution in [0.15, 0.2) is 68.6 Å².